The van der Waals surface area contributed by atoms with E-state index in [9.17, 15) is 4.79 Å². The van der Waals surface area contributed by atoms with E-state index in [1.165, 1.54) is 11.8 Å². The first-order chi connectivity index (χ1) is 8.77. The van der Waals surface area contributed by atoms with Crippen LogP contribution in [0.15, 0.2) is 14.8 Å². The summed E-state index contributed by atoms with van der Waals surface area (Å²) in [6.45, 7) is 0.940. The third kappa shape index (κ3) is 2.71. The largest absolute Gasteiger partial charge is 0.383 e. The average molecular weight is 283 g/mol. The lowest BCUT2D eigenvalue weighted by atomic mass is 10.3. The number of thioether (sulfide) groups is 2. The minimum Gasteiger partial charge on any atom is -0.383 e. The first-order valence-electron chi connectivity index (χ1n) is 5.53. The van der Waals surface area contributed by atoms with Gasteiger partial charge in [-0.2, -0.15) is 5.26 Å². The summed E-state index contributed by atoms with van der Waals surface area (Å²) >= 11 is 2.87. The van der Waals surface area contributed by atoms with Crippen LogP contribution in [0.3, 0.4) is 0 Å². The molecule has 0 unspecified atom stereocenters. The van der Waals surface area contributed by atoms with Gasteiger partial charge < -0.3 is 4.74 Å². The Hall–Kier alpha value is -0.970. The van der Waals surface area contributed by atoms with E-state index < -0.39 is 0 Å². The molecule has 7 heteroatoms. The van der Waals surface area contributed by atoms with Crippen molar-refractivity contribution in [1.29, 1.82) is 5.26 Å². The van der Waals surface area contributed by atoms with Crippen LogP contribution >= 0.6 is 23.5 Å². The second-order valence-corrected chi connectivity index (χ2v) is 5.71. The summed E-state index contributed by atoms with van der Waals surface area (Å²) in [5.41, 5.74) is 0.874. The van der Waals surface area contributed by atoms with Crippen LogP contribution < -0.4 is 5.56 Å². The van der Waals surface area contributed by atoms with Gasteiger partial charge in [-0.3, -0.25) is 9.36 Å². The number of aromatic nitrogens is 2. The van der Waals surface area contributed by atoms with Crippen molar-refractivity contribution in [2.75, 3.05) is 25.2 Å². The SMILES string of the molecule is COCCn1c(SCC#N)nc2c(c1=O)SCC2. The fourth-order valence-electron chi connectivity index (χ4n) is 1.71. The number of fused-ring (bicyclic) bond motifs is 1. The van der Waals surface area contributed by atoms with E-state index in [4.69, 9.17) is 10.00 Å². The van der Waals surface area contributed by atoms with Crippen molar-refractivity contribution in [1.82, 2.24) is 9.55 Å². The molecule has 18 heavy (non-hydrogen) atoms. The molecule has 0 atom stereocenters. The number of nitriles is 1. The Morgan fingerprint density at radius 1 is 1.67 bits per heavy atom. The van der Waals surface area contributed by atoms with E-state index in [0.717, 1.165) is 22.8 Å². The van der Waals surface area contributed by atoms with Crippen LogP contribution in [-0.2, 0) is 17.7 Å². The summed E-state index contributed by atoms with van der Waals surface area (Å²) in [5.74, 6) is 1.21. The van der Waals surface area contributed by atoms with E-state index >= 15 is 0 Å². The second-order valence-electron chi connectivity index (χ2n) is 3.67. The maximum Gasteiger partial charge on any atom is 0.268 e. The molecule has 2 heterocycles. The van der Waals surface area contributed by atoms with Gasteiger partial charge in [0, 0.05) is 19.3 Å². The standard InChI is InChI=1S/C11H13N3O2S2/c1-16-5-4-14-10(15)9-8(2-6-17-9)13-11(14)18-7-3-12/h2,4-7H2,1H3. The van der Waals surface area contributed by atoms with Crippen molar-refractivity contribution >= 4 is 23.5 Å². The molecule has 1 aromatic rings. The lowest BCUT2D eigenvalue weighted by Gasteiger charge is -2.12. The van der Waals surface area contributed by atoms with Crippen molar-refractivity contribution < 1.29 is 4.74 Å². The Morgan fingerprint density at radius 3 is 3.22 bits per heavy atom. The first kappa shape index (κ1) is 13.5. The zero-order valence-electron chi connectivity index (χ0n) is 10.0. The number of rotatable bonds is 5. The molecule has 0 spiro atoms. The summed E-state index contributed by atoms with van der Waals surface area (Å²) in [4.78, 5) is 17.6. The Labute approximate surface area is 114 Å². The monoisotopic (exact) mass is 283 g/mol. The number of ether oxygens (including phenoxy) is 1. The minimum absolute atomic E-state index is 0.00000945. The molecule has 1 aliphatic rings. The van der Waals surface area contributed by atoms with Gasteiger partial charge in [-0.25, -0.2) is 4.98 Å². The van der Waals surface area contributed by atoms with E-state index in [1.807, 2.05) is 0 Å². The Kier molecular flexibility index (Phi) is 4.69. The molecule has 0 aromatic carbocycles. The van der Waals surface area contributed by atoms with E-state index in [0.29, 0.717) is 24.1 Å². The van der Waals surface area contributed by atoms with Gasteiger partial charge in [0.2, 0.25) is 0 Å². The third-order valence-corrected chi connectivity index (χ3v) is 4.48. The Morgan fingerprint density at radius 2 is 2.50 bits per heavy atom. The molecule has 0 saturated heterocycles. The molecule has 0 bridgehead atoms. The zero-order valence-corrected chi connectivity index (χ0v) is 11.6. The molecule has 2 rings (SSSR count). The summed E-state index contributed by atoms with van der Waals surface area (Å²) in [6, 6.07) is 2.06. The number of hydrogen-bond acceptors (Lipinski definition) is 6. The maximum absolute atomic E-state index is 12.3. The molecule has 1 aromatic heterocycles. The molecule has 0 fully saturated rings. The van der Waals surface area contributed by atoms with Crippen LogP contribution in [0.25, 0.3) is 0 Å². The molecule has 0 amide bonds. The van der Waals surface area contributed by atoms with Crippen molar-refractivity contribution in [3.05, 3.63) is 16.0 Å². The van der Waals surface area contributed by atoms with Gasteiger partial charge in [-0.05, 0) is 0 Å². The van der Waals surface area contributed by atoms with Gasteiger partial charge in [0.1, 0.15) is 0 Å². The van der Waals surface area contributed by atoms with Crippen molar-refractivity contribution in [3.8, 4) is 6.07 Å². The predicted octanol–water partition coefficient (Wildman–Crippen LogP) is 1.15. The molecule has 0 radical (unpaired) electrons. The molecule has 0 aliphatic carbocycles. The zero-order chi connectivity index (χ0) is 13.0. The van der Waals surface area contributed by atoms with Crippen LogP contribution in [0.1, 0.15) is 5.69 Å². The molecule has 1 aliphatic heterocycles. The molecule has 96 valence electrons. The molecule has 0 N–H and O–H groups in total. The third-order valence-electron chi connectivity index (χ3n) is 2.53. The highest BCUT2D eigenvalue weighted by molar-refractivity contribution is 7.99. The quantitative estimate of drug-likeness (QED) is 0.596. The van der Waals surface area contributed by atoms with Gasteiger partial charge in [0.05, 0.1) is 35.6 Å². The van der Waals surface area contributed by atoms with Crippen LogP contribution in [-0.4, -0.2) is 34.8 Å². The fraction of sp³-hybridized carbons (Fsp3) is 0.545. The van der Waals surface area contributed by atoms with Gasteiger partial charge in [-0.15, -0.1) is 11.8 Å². The second kappa shape index (κ2) is 6.27. The smallest absolute Gasteiger partial charge is 0.268 e. The minimum atomic E-state index is -0.00000945. The summed E-state index contributed by atoms with van der Waals surface area (Å²) in [6.07, 6.45) is 0.834. The fourth-order valence-corrected chi connectivity index (χ4v) is 3.46. The molecule has 0 saturated carbocycles. The van der Waals surface area contributed by atoms with Crippen LogP contribution in [0.5, 0.6) is 0 Å². The lowest BCUT2D eigenvalue weighted by Crippen LogP contribution is -2.27. The maximum atomic E-state index is 12.3. The predicted molar refractivity (Wildman–Crippen MR) is 71.1 cm³/mol. The van der Waals surface area contributed by atoms with Gasteiger partial charge in [0.15, 0.2) is 5.16 Å². The van der Waals surface area contributed by atoms with Crippen LogP contribution in [0.4, 0.5) is 0 Å². The number of hydrogen-bond donors (Lipinski definition) is 0. The van der Waals surface area contributed by atoms with E-state index in [2.05, 4.69) is 11.1 Å². The van der Waals surface area contributed by atoms with Crippen molar-refractivity contribution in [2.45, 2.75) is 23.0 Å². The highest BCUT2D eigenvalue weighted by atomic mass is 32.2. The Bertz CT molecular complexity index is 536. The number of nitrogens with zero attached hydrogens (tertiary/aromatic N) is 3. The molecular formula is C11H13N3O2S2. The normalized spacial score (nSPS) is 13.3. The van der Waals surface area contributed by atoms with Gasteiger partial charge >= 0.3 is 0 Å². The topological polar surface area (TPSA) is 67.9 Å². The van der Waals surface area contributed by atoms with E-state index in [1.54, 1.807) is 23.4 Å². The Balaban J connectivity index is 2.39. The van der Waals surface area contributed by atoms with Gasteiger partial charge in [0.25, 0.3) is 5.56 Å². The van der Waals surface area contributed by atoms with Crippen molar-refractivity contribution in [2.24, 2.45) is 0 Å². The van der Waals surface area contributed by atoms with Crippen LogP contribution in [0, 0.1) is 11.3 Å². The lowest BCUT2D eigenvalue weighted by molar-refractivity contribution is 0.182. The highest BCUT2D eigenvalue weighted by Crippen LogP contribution is 2.28. The number of aryl methyl sites for hydroxylation is 1. The first-order valence-corrected chi connectivity index (χ1v) is 7.50. The summed E-state index contributed by atoms with van der Waals surface area (Å²) < 4.78 is 6.62. The molecular weight excluding hydrogens is 270 g/mol. The van der Waals surface area contributed by atoms with Gasteiger partial charge in [-0.1, -0.05) is 11.8 Å². The highest BCUT2D eigenvalue weighted by Gasteiger charge is 2.21. The van der Waals surface area contributed by atoms with Crippen molar-refractivity contribution in [3.63, 3.8) is 0 Å². The van der Waals surface area contributed by atoms with Crippen LogP contribution in [0.2, 0.25) is 0 Å². The summed E-state index contributed by atoms with van der Waals surface area (Å²) in [5, 5.41) is 9.27. The van der Waals surface area contributed by atoms with E-state index in [-0.39, 0.29) is 5.56 Å². The molecule has 5 nitrogen and oxygen atoms in total. The summed E-state index contributed by atoms with van der Waals surface area (Å²) in [7, 11) is 1.60. The average Bonchev–Trinajstić information content (AvgIpc) is 2.84. The number of methoxy groups -OCH3 is 1.